The number of benzene rings is 5. The highest BCUT2D eigenvalue weighted by atomic mass is 79.9. The van der Waals surface area contributed by atoms with Crippen LogP contribution in [0.15, 0.2) is 114 Å². The molecule has 0 heterocycles. The van der Waals surface area contributed by atoms with Gasteiger partial charge in [-0.3, -0.25) is 0 Å². The number of fused-ring (bicyclic) bond motifs is 3. The molecule has 0 radical (unpaired) electrons. The largest absolute Gasteiger partial charge is 0.310 e. The molecule has 5 rings (SSSR count). The first-order valence-corrected chi connectivity index (χ1v) is 10.1. The predicted octanol–water partition coefficient (Wildman–Crippen LogP) is 8.23. The second-order valence-electron chi connectivity index (χ2n) is 6.84. The second-order valence-corrected chi connectivity index (χ2v) is 7.76. The fourth-order valence-corrected chi connectivity index (χ4v) is 4.15. The van der Waals surface area contributed by atoms with Crippen LogP contribution in [-0.2, 0) is 0 Å². The Morgan fingerprint density at radius 1 is 0.464 bits per heavy atom. The van der Waals surface area contributed by atoms with Crippen molar-refractivity contribution in [1.82, 2.24) is 0 Å². The van der Waals surface area contributed by atoms with Crippen molar-refractivity contribution < 1.29 is 0 Å². The average molecular weight is 424 g/mol. The van der Waals surface area contributed by atoms with Crippen molar-refractivity contribution in [2.75, 3.05) is 4.90 Å². The van der Waals surface area contributed by atoms with Crippen molar-refractivity contribution in [1.29, 1.82) is 0 Å². The number of hydrogen-bond donors (Lipinski definition) is 0. The van der Waals surface area contributed by atoms with Gasteiger partial charge in [0.25, 0.3) is 0 Å². The maximum absolute atomic E-state index is 3.57. The third kappa shape index (κ3) is 3.06. The standard InChI is InChI=1S/C26H18BrN/c27-21-13-15-25-19(17-21)11-12-20-18-24(14-16-26(20)25)28(22-7-3-1-4-8-22)23-9-5-2-6-10-23/h1-18H. The minimum absolute atomic E-state index is 1.11. The number of nitrogens with zero attached hydrogens (tertiary/aromatic N) is 1. The lowest BCUT2D eigenvalue weighted by atomic mass is 10.0. The molecule has 0 aliphatic heterocycles. The van der Waals surface area contributed by atoms with Crippen LogP contribution in [0.2, 0.25) is 0 Å². The molecule has 134 valence electrons. The van der Waals surface area contributed by atoms with Crippen molar-refractivity contribution in [2.45, 2.75) is 0 Å². The second kappa shape index (κ2) is 7.14. The van der Waals surface area contributed by atoms with Crippen LogP contribution >= 0.6 is 15.9 Å². The summed E-state index contributed by atoms with van der Waals surface area (Å²) in [6.45, 7) is 0. The molecule has 0 aromatic heterocycles. The van der Waals surface area contributed by atoms with Crippen LogP contribution < -0.4 is 4.90 Å². The van der Waals surface area contributed by atoms with E-state index in [1.807, 2.05) is 0 Å². The molecular weight excluding hydrogens is 406 g/mol. The monoisotopic (exact) mass is 423 g/mol. The normalized spacial score (nSPS) is 11.0. The molecule has 5 aromatic carbocycles. The Morgan fingerprint density at radius 2 is 1.00 bits per heavy atom. The fraction of sp³-hybridized carbons (Fsp3) is 0. The highest BCUT2D eigenvalue weighted by Crippen LogP contribution is 2.37. The van der Waals surface area contributed by atoms with Gasteiger partial charge in [0.05, 0.1) is 0 Å². The van der Waals surface area contributed by atoms with Gasteiger partial charge in [-0.2, -0.15) is 0 Å². The fourth-order valence-electron chi connectivity index (χ4n) is 3.77. The van der Waals surface area contributed by atoms with Gasteiger partial charge < -0.3 is 4.90 Å². The molecule has 0 aliphatic carbocycles. The van der Waals surface area contributed by atoms with Gasteiger partial charge in [0.1, 0.15) is 0 Å². The summed E-state index contributed by atoms with van der Waals surface area (Å²) in [5.41, 5.74) is 3.46. The summed E-state index contributed by atoms with van der Waals surface area (Å²) < 4.78 is 1.11. The Bertz CT molecular complexity index is 1220. The van der Waals surface area contributed by atoms with E-state index in [0.717, 1.165) is 21.5 Å². The maximum atomic E-state index is 3.57. The van der Waals surface area contributed by atoms with Crippen LogP contribution in [0.5, 0.6) is 0 Å². The summed E-state index contributed by atoms with van der Waals surface area (Å²) in [4.78, 5) is 2.30. The summed E-state index contributed by atoms with van der Waals surface area (Å²) >= 11 is 3.57. The smallest absolute Gasteiger partial charge is 0.0468 e. The summed E-state index contributed by atoms with van der Waals surface area (Å²) in [6.07, 6.45) is 0. The quantitative estimate of drug-likeness (QED) is 0.264. The molecule has 0 N–H and O–H groups in total. The Balaban J connectivity index is 1.71. The number of anilines is 3. The van der Waals surface area contributed by atoms with E-state index >= 15 is 0 Å². The molecular formula is C26H18BrN. The number of rotatable bonds is 3. The van der Waals surface area contributed by atoms with E-state index < -0.39 is 0 Å². The summed E-state index contributed by atoms with van der Waals surface area (Å²) in [5, 5.41) is 5.04. The van der Waals surface area contributed by atoms with Gasteiger partial charge in [-0.1, -0.05) is 76.6 Å². The zero-order valence-electron chi connectivity index (χ0n) is 15.2. The first-order chi connectivity index (χ1) is 13.8. The molecule has 28 heavy (non-hydrogen) atoms. The van der Waals surface area contributed by atoms with Gasteiger partial charge in [-0.25, -0.2) is 0 Å². The van der Waals surface area contributed by atoms with E-state index in [1.54, 1.807) is 0 Å². The van der Waals surface area contributed by atoms with E-state index in [4.69, 9.17) is 0 Å². The SMILES string of the molecule is Brc1ccc2c(ccc3cc(N(c4ccccc4)c4ccccc4)ccc32)c1. The zero-order chi connectivity index (χ0) is 18.9. The molecule has 0 amide bonds. The number of halogens is 1. The van der Waals surface area contributed by atoms with Gasteiger partial charge in [-0.05, 0) is 70.1 Å². The molecule has 0 unspecified atom stereocenters. The topological polar surface area (TPSA) is 3.24 Å². The average Bonchev–Trinajstić information content (AvgIpc) is 2.75. The van der Waals surface area contributed by atoms with Crippen molar-refractivity contribution in [3.05, 3.63) is 114 Å². The molecule has 0 atom stereocenters. The van der Waals surface area contributed by atoms with Crippen LogP contribution in [0.3, 0.4) is 0 Å². The van der Waals surface area contributed by atoms with Gasteiger partial charge in [0, 0.05) is 21.5 Å². The van der Waals surface area contributed by atoms with Crippen molar-refractivity contribution >= 4 is 54.5 Å². The highest BCUT2D eigenvalue weighted by molar-refractivity contribution is 9.10. The minimum Gasteiger partial charge on any atom is -0.310 e. The van der Waals surface area contributed by atoms with E-state index in [-0.39, 0.29) is 0 Å². The minimum atomic E-state index is 1.11. The van der Waals surface area contributed by atoms with E-state index in [9.17, 15) is 0 Å². The first kappa shape index (κ1) is 17.0. The van der Waals surface area contributed by atoms with Crippen molar-refractivity contribution in [3.8, 4) is 0 Å². The van der Waals surface area contributed by atoms with Crippen LogP contribution in [0.1, 0.15) is 0 Å². The van der Waals surface area contributed by atoms with Crippen LogP contribution in [0, 0.1) is 0 Å². The molecule has 0 saturated heterocycles. The molecule has 2 heteroatoms. The van der Waals surface area contributed by atoms with Crippen LogP contribution in [0.25, 0.3) is 21.5 Å². The first-order valence-electron chi connectivity index (χ1n) is 9.32. The lowest BCUT2D eigenvalue weighted by molar-refractivity contribution is 1.29. The van der Waals surface area contributed by atoms with E-state index in [2.05, 4.69) is 130 Å². The molecule has 5 aromatic rings. The highest BCUT2D eigenvalue weighted by Gasteiger charge is 2.12. The molecule has 0 fully saturated rings. The van der Waals surface area contributed by atoms with Gasteiger partial charge >= 0.3 is 0 Å². The summed E-state index contributed by atoms with van der Waals surface area (Å²) in [5.74, 6) is 0. The van der Waals surface area contributed by atoms with Gasteiger partial charge in [-0.15, -0.1) is 0 Å². The Hall–Kier alpha value is -3.10. The molecule has 0 bridgehead atoms. The maximum Gasteiger partial charge on any atom is 0.0468 e. The summed E-state index contributed by atoms with van der Waals surface area (Å²) in [6, 6.07) is 38.6. The summed E-state index contributed by atoms with van der Waals surface area (Å²) in [7, 11) is 0. The van der Waals surface area contributed by atoms with Gasteiger partial charge in [0.2, 0.25) is 0 Å². The Kier molecular flexibility index (Phi) is 4.34. The van der Waals surface area contributed by atoms with E-state index in [0.29, 0.717) is 0 Å². The molecule has 1 nitrogen and oxygen atoms in total. The lowest BCUT2D eigenvalue weighted by Gasteiger charge is -2.25. The van der Waals surface area contributed by atoms with Crippen molar-refractivity contribution in [2.24, 2.45) is 0 Å². The van der Waals surface area contributed by atoms with E-state index in [1.165, 1.54) is 21.5 Å². The molecule has 0 saturated carbocycles. The number of hydrogen-bond acceptors (Lipinski definition) is 1. The number of para-hydroxylation sites is 2. The van der Waals surface area contributed by atoms with Crippen LogP contribution in [-0.4, -0.2) is 0 Å². The Morgan fingerprint density at radius 3 is 1.61 bits per heavy atom. The third-order valence-corrected chi connectivity index (χ3v) is 5.56. The predicted molar refractivity (Wildman–Crippen MR) is 124 cm³/mol. The molecule has 0 aliphatic rings. The Labute approximate surface area is 173 Å². The lowest BCUT2D eigenvalue weighted by Crippen LogP contribution is -2.09. The molecule has 0 spiro atoms. The zero-order valence-corrected chi connectivity index (χ0v) is 16.8. The van der Waals surface area contributed by atoms with Crippen molar-refractivity contribution in [3.63, 3.8) is 0 Å². The third-order valence-electron chi connectivity index (χ3n) is 5.07. The van der Waals surface area contributed by atoms with Gasteiger partial charge in [0.15, 0.2) is 0 Å². The van der Waals surface area contributed by atoms with Crippen LogP contribution in [0.4, 0.5) is 17.1 Å².